The average molecular weight is 403 g/mol. The predicted molar refractivity (Wildman–Crippen MR) is 106 cm³/mol. The van der Waals surface area contributed by atoms with Gasteiger partial charge in [0.2, 0.25) is 10.0 Å². The summed E-state index contributed by atoms with van der Waals surface area (Å²) in [5, 5.41) is 5.58. The van der Waals surface area contributed by atoms with Gasteiger partial charge < -0.3 is 15.4 Å². The SMILES string of the molecule is CCS(=O)(=O)Nc1ccccc1C(=O)NC(C)c1ccc2c(c1)NC(=O)CO2. The van der Waals surface area contributed by atoms with Crippen LogP contribution in [0.3, 0.4) is 0 Å². The summed E-state index contributed by atoms with van der Waals surface area (Å²) in [5.41, 5.74) is 1.76. The fourth-order valence-electron chi connectivity index (χ4n) is 2.74. The van der Waals surface area contributed by atoms with E-state index in [-0.39, 0.29) is 35.6 Å². The Balaban J connectivity index is 1.78. The highest BCUT2D eigenvalue weighted by Gasteiger charge is 2.20. The van der Waals surface area contributed by atoms with Gasteiger partial charge in [0.25, 0.3) is 11.8 Å². The molecular formula is C19H21N3O5S. The van der Waals surface area contributed by atoms with Gasteiger partial charge in [0, 0.05) is 0 Å². The van der Waals surface area contributed by atoms with Crippen molar-refractivity contribution < 1.29 is 22.7 Å². The molecule has 2 aromatic carbocycles. The van der Waals surface area contributed by atoms with Crippen molar-refractivity contribution in [1.82, 2.24) is 5.32 Å². The van der Waals surface area contributed by atoms with Gasteiger partial charge in [0.05, 0.1) is 28.7 Å². The summed E-state index contributed by atoms with van der Waals surface area (Å²) in [7, 11) is -3.51. The molecule has 148 valence electrons. The summed E-state index contributed by atoms with van der Waals surface area (Å²) in [5.74, 6) is -0.179. The Morgan fingerprint density at radius 3 is 2.75 bits per heavy atom. The molecule has 0 aliphatic carbocycles. The first-order valence-corrected chi connectivity index (χ1v) is 10.4. The summed E-state index contributed by atoms with van der Waals surface area (Å²) in [6, 6.07) is 11.3. The number of ether oxygens (including phenoxy) is 1. The largest absolute Gasteiger partial charge is 0.482 e. The van der Waals surface area contributed by atoms with Crippen molar-refractivity contribution in [3.63, 3.8) is 0 Å². The lowest BCUT2D eigenvalue weighted by Crippen LogP contribution is -2.29. The highest BCUT2D eigenvalue weighted by molar-refractivity contribution is 7.92. The Morgan fingerprint density at radius 1 is 1.25 bits per heavy atom. The van der Waals surface area contributed by atoms with Crippen molar-refractivity contribution in [3.05, 3.63) is 53.6 Å². The van der Waals surface area contributed by atoms with E-state index in [1.165, 1.54) is 6.92 Å². The minimum absolute atomic E-state index is 0.0247. The van der Waals surface area contributed by atoms with E-state index in [1.54, 1.807) is 49.4 Å². The number of hydrogen-bond donors (Lipinski definition) is 3. The van der Waals surface area contributed by atoms with Crippen LogP contribution in [-0.2, 0) is 14.8 Å². The summed E-state index contributed by atoms with van der Waals surface area (Å²) in [6.45, 7) is 3.29. The number of amides is 2. The van der Waals surface area contributed by atoms with Crippen LogP contribution >= 0.6 is 0 Å². The van der Waals surface area contributed by atoms with Crippen LogP contribution in [0.15, 0.2) is 42.5 Å². The van der Waals surface area contributed by atoms with Crippen molar-refractivity contribution >= 4 is 33.2 Å². The first-order chi connectivity index (χ1) is 13.3. The second-order valence-corrected chi connectivity index (χ2v) is 8.35. The normalized spacial score (nSPS) is 14.3. The maximum Gasteiger partial charge on any atom is 0.262 e. The zero-order chi connectivity index (χ0) is 20.3. The lowest BCUT2D eigenvalue weighted by molar-refractivity contribution is -0.118. The van der Waals surface area contributed by atoms with E-state index in [1.807, 2.05) is 0 Å². The number of benzene rings is 2. The van der Waals surface area contributed by atoms with E-state index < -0.39 is 15.9 Å². The Bertz CT molecular complexity index is 1020. The van der Waals surface area contributed by atoms with E-state index in [0.29, 0.717) is 11.4 Å². The first kappa shape index (κ1) is 19.7. The Hall–Kier alpha value is -3.07. The van der Waals surface area contributed by atoms with Gasteiger partial charge in [-0.2, -0.15) is 0 Å². The molecule has 1 atom stereocenters. The van der Waals surface area contributed by atoms with Crippen LogP contribution in [0.5, 0.6) is 5.75 Å². The fraction of sp³-hybridized carbons (Fsp3) is 0.263. The lowest BCUT2D eigenvalue weighted by atomic mass is 10.1. The first-order valence-electron chi connectivity index (χ1n) is 8.76. The number of carbonyl (C=O) groups is 2. The van der Waals surface area contributed by atoms with E-state index >= 15 is 0 Å². The van der Waals surface area contributed by atoms with Crippen LogP contribution in [0.25, 0.3) is 0 Å². The third kappa shape index (κ3) is 4.42. The third-order valence-electron chi connectivity index (χ3n) is 4.30. The smallest absolute Gasteiger partial charge is 0.262 e. The molecule has 3 rings (SSSR count). The van der Waals surface area contributed by atoms with Crippen LogP contribution in [0.1, 0.15) is 35.8 Å². The van der Waals surface area contributed by atoms with Crippen molar-refractivity contribution in [2.24, 2.45) is 0 Å². The number of para-hydroxylation sites is 1. The minimum atomic E-state index is -3.51. The van der Waals surface area contributed by atoms with Crippen molar-refractivity contribution in [3.8, 4) is 5.75 Å². The van der Waals surface area contributed by atoms with Crippen LogP contribution in [0, 0.1) is 0 Å². The molecule has 0 spiro atoms. The Kier molecular flexibility index (Phi) is 5.55. The molecule has 0 saturated heterocycles. The molecule has 1 unspecified atom stereocenters. The molecule has 2 amide bonds. The van der Waals surface area contributed by atoms with Crippen LogP contribution < -0.4 is 20.1 Å². The number of carbonyl (C=O) groups excluding carboxylic acids is 2. The number of nitrogens with one attached hydrogen (secondary N) is 3. The minimum Gasteiger partial charge on any atom is -0.482 e. The van der Waals surface area contributed by atoms with Gasteiger partial charge in [0.15, 0.2) is 6.61 Å². The van der Waals surface area contributed by atoms with Gasteiger partial charge in [-0.15, -0.1) is 0 Å². The molecule has 0 aromatic heterocycles. The highest BCUT2D eigenvalue weighted by Crippen LogP contribution is 2.30. The van der Waals surface area contributed by atoms with Gasteiger partial charge in [-0.1, -0.05) is 18.2 Å². The van der Waals surface area contributed by atoms with Gasteiger partial charge >= 0.3 is 0 Å². The third-order valence-corrected chi connectivity index (χ3v) is 5.59. The number of fused-ring (bicyclic) bond motifs is 1. The van der Waals surface area contributed by atoms with E-state index in [0.717, 1.165) is 5.56 Å². The highest BCUT2D eigenvalue weighted by atomic mass is 32.2. The van der Waals surface area contributed by atoms with Crippen LogP contribution in [-0.4, -0.2) is 32.6 Å². The molecule has 0 saturated carbocycles. The van der Waals surface area contributed by atoms with E-state index in [9.17, 15) is 18.0 Å². The van der Waals surface area contributed by atoms with Crippen LogP contribution in [0.4, 0.5) is 11.4 Å². The molecule has 1 heterocycles. The molecule has 28 heavy (non-hydrogen) atoms. The second kappa shape index (κ2) is 7.89. The topological polar surface area (TPSA) is 114 Å². The number of sulfonamides is 1. The van der Waals surface area contributed by atoms with Gasteiger partial charge in [-0.05, 0) is 43.7 Å². The Labute approximate surface area is 163 Å². The van der Waals surface area contributed by atoms with Crippen molar-refractivity contribution in [1.29, 1.82) is 0 Å². The quantitative estimate of drug-likeness (QED) is 0.685. The summed E-state index contributed by atoms with van der Waals surface area (Å²) >= 11 is 0. The molecule has 1 aliphatic heterocycles. The van der Waals surface area contributed by atoms with Gasteiger partial charge in [0.1, 0.15) is 5.75 Å². The molecule has 8 nitrogen and oxygen atoms in total. The van der Waals surface area contributed by atoms with Gasteiger partial charge in [-0.3, -0.25) is 14.3 Å². The molecule has 1 aliphatic rings. The van der Waals surface area contributed by atoms with Crippen LogP contribution in [0.2, 0.25) is 0 Å². The molecule has 9 heteroatoms. The second-order valence-electron chi connectivity index (χ2n) is 6.34. The van der Waals surface area contributed by atoms with Crippen molar-refractivity contribution in [2.75, 3.05) is 22.4 Å². The van der Waals surface area contributed by atoms with Crippen molar-refractivity contribution in [2.45, 2.75) is 19.9 Å². The summed E-state index contributed by atoms with van der Waals surface area (Å²) in [4.78, 5) is 24.2. The molecule has 3 N–H and O–H groups in total. The zero-order valence-corrected chi connectivity index (χ0v) is 16.3. The van der Waals surface area contributed by atoms with Gasteiger partial charge in [-0.25, -0.2) is 8.42 Å². The molecule has 0 bridgehead atoms. The fourth-order valence-corrected chi connectivity index (χ4v) is 3.40. The maximum atomic E-state index is 12.7. The lowest BCUT2D eigenvalue weighted by Gasteiger charge is -2.21. The molecule has 0 radical (unpaired) electrons. The molecule has 2 aromatic rings. The number of hydrogen-bond acceptors (Lipinski definition) is 5. The summed E-state index contributed by atoms with van der Waals surface area (Å²) in [6.07, 6.45) is 0. The molecule has 0 fully saturated rings. The van der Waals surface area contributed by atoms with E-state index in [4.69, 9.17) is 4.74 Å². The number of anilines is 2. The summed E-state index contributed by atoms with van der Waals surface area (Å²) < 4.78 is 31.5. The maximum absolute atomic E-state index is 12.7. The van der Waals surface area contributed by atoms with E-state index in [2.05, 4.69) is 15.4 Å². The standard InChI is InChI=1S/C19H21N3O5S/c1-3-28(25,26)22-15-7-5-4-6-14(15)19(24)20-12(2)13-8-9-17-16(10-13)21-18(23)11-27-17/h4-10,12,22H,3,11H2,1-2H3,(H,20,24)(H,21,23). The molecular weight excluding hydrogens is 382 g/mol. The monoisotopic (exact) mass is 403 g/mol. The Morgan fingerprint density at radius 2 is 2.00 bits per heavy atom. The average Bonchev–Trinajstić information content (AvgIpc) is 2.67. The predicted octanol–water partition coefficient (Wildman–Crippen LogP) is 2.27. The number of rotatable bonds is 6. The zero-order valence-electron chi connectivity index (χ0n) is 15.5.